The highest BCUT2D eigenvalue weighted by molar-refractivity contribution is 8.00. The molecule has 0 aliphatic rings. The smallest absolute Gasteiger partial charge is 0.234 e. The largest absolute Gasteiger partial charge is 0.508 e. The molecule has 5 heteroatoms. The molecule has 19 heavy (non-hydrogen) atoms. The van der Waals surface area contributed by atoms with E-state index in [4.69, 9.17) is 0 Å². The van der Waals surface area contributed by atoms with Crippen molar-refractivity contribution >= 4 is 23.4 Å². The highest BCUT2D eigenvalue weighted by Crippen LogP contribution is 2.22. The Hall–Kier alpha value is -2.14. The van der Waals surface area contributed by atoms with E-state index >= 15 is 0 Å². The van der Waals surface area contributed by atoms with Gasteiger partial charge in [0.25, 0.3) is 0 Å². The average Bonchev–Trinajstić information content (AvgIpc) is 2.36. The van der Waals surface area contributed by atoms with Crippen molar-refractivity contribution in [3.05, 3.63) is 48.5 Å². The first-order valence-electron chi connectivity index (χ1n) is 5.64. The van der Waals surface area contributed by atoms with E-state index in [1.165, 1.54) is 23.9 Å². The number of rotatable bonds is 4. The van der Waals surface area contributed by atoms with E-state index in [1.807, 2.05) is 6.07 Å². The Labute approximate surface area is 115 Å². The zero-order chi connectivity index (χ0) is 13.7. The highest BCUT2D eigenvalue weighted by atomic mass is 32.2. The fourth-order valence-corrected chi connectivity index (χ4v) is 2.25. The van der Waals surface area contributed by atoms with Crippen LogP contribution in [0.3, 0.4) is 0 Å². The van der Waals surface area contributed by atoms with Crippen molar-refractivity contribution in [3.63, 3.8) is 0 Å². The number of carbonyl (C=O) groups is 1. The first-order chi connectivity index (χ1) is 9.13. The molecule has 0 heterocycles. The third-order valence-corrected chi connectivity index (χ3v) is 3.31. The van der Waals surface area contributed by atoms with Gasteiger partial charge in [-0.25, -0.2) is 0 Å². The summed E-state index contributed by atoms with van der Waals surface area (Å²) in [4.78, 5) is 12.5. The van der Waals surface area contributed by atoms with E-state index in [2.05, 4.69) is 5.32 Å². The van der Waals surface area contributed by atoms with E-state index in [0.717, 1.165) is 4.90 Å². The van der Waals surface area contributed by atoms with E-state index in [-0.39, 0.29) is 23.2 Å². The van der Waals surface area contributed by atoms with Gasteiger partial charge in [0, 0.05) is 16.6 Å². The second-order valence-electron chi connectivity index (χ2n) is 3.88. The normalized spacial score (nSPS) is 10.1. The van der Waals surface area contributed by atoms with Crippen LogP contribution in [0.1, 0.15) is 0 Å². The Morgan fingerprint density at radius 1 is 1.05 bits per heavy atom. The van der Waals surface area contributed by atoms with E-state index in [1.54, 1.807) is 30.3 Å². The lowest BCUT2D eigenvalue weighted by Gasteiger charge is -2.05. The summed E-state index contributed by atoms with van der Waals surface area (Å²) in [7, 11) is 0. The minimum Gasteiger partial charge on any atom is -0.508 e. The molecule has 2 rings (SSSR count). The van der Waals surface area contributed by atoms with Crippen LogP contribution in [0.4, 0.5) is 5.69 Å². The third-order valence-electron chi connectivity index (χ3n) is 2.32. The molecular weight excluding hydrogens is 262 g/mol. The van der Waals surface area contributed by atoms with Crippen LogP contribution in [0, 0.1) is 0 Å². The molecule has 0 fully saturated rings. The molecule has 2 aromatic carbocycles. The highest BCUT2D eigenvalue weighted by Gasteiger charge is 2.04. The quantitative estimate of drug-likeness (QED) is 0.750. The molecule has 0 spiro atoms. The van der Waals surface area contributed by atoms with E-state index in [0.29, 0.717) is 5.69 Å². The first kappa shape index (κ1) is 13.3. The Bertz CT molecular complexity index is 586. The number of carbonyl (C=O) groups excluding carboxylic acids is 1. The zero-order valence-electron chi connectivity index (χ0n) is 10.0. The predicted molar refractivity (Wildman–Crippen MR) is 75.6 cm³/mol. The van der Waals surface area contributed by atoms with Crippen LogP contribution in [0.25, 0.3) is 0 Å². The lowest BCUT2D eigenvalue weighted by molar-refractivity contribution is -0.113. The second kappa shape index (κ2) is 6.15. The lowest BCUT2D eigenvalue weighted by Crippen LogP contribution is -2.13. The fraction of sp³-hybridized carbons (Fsp3) is 0.0714. The average molecular weight is 275 g/mol. The van der Waals surface area contributed by atoms with Crippen LogP contribution in [0.5, 0.6) is 11.5 Å². The number of hydrogen-bond donors (Lipinski definition) is 3. The molecule has 0 aliphatic carbocycles. The summed E-state index contributed by atoms with van der Waals surface area (Å²) in [5.41, 5.74) is 0.557. The van der Waals surface area contributed by atoms with Crippen molar-refractivity contribution in [1.82, 2.24) is 0 Å². The van der Waals surface area contributed by atoms with Crippen LogP contribution >= 0.6 is 11.8 Å². The van der Waals surface area contributed by atoms with Crippen LogP contribution in [0.2, 0.25) is 0 Å². The first-order valence-corrected chi connectivity index (χ1v) is 6.63. The van der Waals surface area contributed by atoms with Crippen LogP contribution in [-0.2, 0) is 4.79 Å². The summed E-state index contributed by atoms with van der Waals surface area (Å²) < 4.78 is 0. The van der Waals surface area contributed by atoms with Gasteiger partial charge in [0.05, 0.1) is 5.75 Å². The van der Waals surface area contributed by atoms with Crippen molar-refractivity contribution in [2.45, 2.75) is 4.90 Å². The Balaban J connectivity index is 1.88. The Morgan fingerprint density at radius 2 is 1.74 bits per heavy atom. The van der Waals surface area contributed by atoms with Gasteiger partial charge in [-0.1, -0.05) is 12.1 Å². The number of anilines is 1. The number of nitrogens with one attached hydrogen (secondary N) is 1. The van der Waals surface area contributed by atoms with Gasteiger partial charge in [0.2, 0.25) is 5.91 Å². The lowest BCUT2D eigenvalue weighted by atomic mass is 10.3. The molecule has 4 nitrogen and oxygen atoms in total. The standard InChI is InChI=1S/C14H13NO3S/c16-11-4-1-3-10(7-11)15-14(18)9-19-13-6-2-5-12(17)8-13/h1-8,16-17H,9H2,(H,15,18). The minimum absolute atomic E-state index is 0.110. The van der Waals surface area contributed by atoms with Crippen molar-refractivity contribution in [2.75, 3.05) is 11.1 Å². The van der Waals surface area contributed by atoms with Gasteiger partial charge in [-0.3, -0.25) is 4.79 Å². The topological polar surface area (TPSA) is 69.6 Å². The number of thioether (sulfide) groups is 1. The van der Waals surface area contributed by atoms with Gasteiger partial charge in [0.15, 0.2) is 0 Å². The van der Waals surface area contributed by atoms with Crippen LogP contribution in [0.15, 0.2) is 53.4 Å². The SMILES string of the molecule is O=C(CSc1cccc(O)c1)Nc1cccc(O)c1. The Kier molecular flexibility index (Phi) is 4.30. The molecule has 2 aromatic rings. The van der Waals surface area contributed by atoms with E-state index < -0.39 is 0 Å². The summed E-state index contributed by atoms with van der Waals surface area (Å²) in [6.07, 6.45) is 0. The molecule has 0 unspecified atom stereocenters. The predicted octanol–water partition coefficient (Wildman–Crippen LogP) is 2.83. The van der Waals surface area contributed by atoms with E-state index in [9.17, 15) is 15.0 Å². The summed E-state index contributed by atoms with van der Waals surface area (Å²) >= 11 is 1.33. The van der Waals surface area contributed by atoms with Crippen molar-refractivity contribution in [3.8, 4) is 11.5 Å². The molecule has 3 N–H and O–H groups in total. The molecule has 98 valence electrons. The zero-order valence-corrected chi connectivity index (χ0v) is 10.9. The maximum Gasteiger partial charge on any atom is 0.234 e. The molecule has 0 saturated carbocycles. The van der Waals surface area contributed by atoms with Crippen LogP contribution < -0.4 is 5.32 Å². The Morgan fingerprint density at radius 3 is 2.42 bits per heavy atom. The summed E-state index contributed by atoms with van der Waals surface area (Å²) in [6.45, 7) is 0. The second-order valence-corrected chi connectivity index (χ2v) is 4.93. The molecule has 0 atom stereocenters. The number of aromatic hydroxyl groups is 2. The maximum absolute atomic E-state index is 11.7. The minimum atomic E-state index is -0.168. The van der Waals surface area contributed by atoms with Crippen molar-refractivity contribution in [2.24, 2.45) is 0 Å². The van der Waals surface area contributed by atoms with Crippen molar-refractivity contribution < 1.29 is 15.0 Å². The number of hydrogen-bond acceptors (Lipinski definition) is 4. The van der Waals surface area contributed by atoms with Crippen molar-refractivity contribution in [1.29, 1.82) is 0 Å². The maximum atomic E-state index is 11.7. The molecule has 0 radical (unpaired) electrons. The summed E-state index contributed by atoms with van der Waals surface area (Å²) in [6, 6.07) is 13.1. The molecule has 0 bridgehead atoms. The fourth-order valence-electron chi connectivity index (χ4n) is 1.50. The summed E-state index contributed by atoms with van der Waals surface area (Å²) in [5, 5.41) is 21.3. The third kappa shape index (κ3) is 4.22. The molecule has 1 amide bonds. The number of phenols is 2. The molecule has 0 saturated heterocycles. The van der Waals surface area contributed by atoms with Gasteiger partial charge in [-0.2, -0.15) is 0 Å². The summed E-state index contributed by atoms with van der Waals surface area (Å²) in [5.74, 6) is 0.356. The van der Waals surface area contributed by atoms with Gasteiger partial charge in [0.1, 0.15) is 11.5 Å². The monoisotopic (exact) mass is 275 g/mol. The molecular formula is C14H13NO3S. The number of benzene rings is 2. The van der Waals surface area contributed by atoms with Gasteiger partial charge in [-0.15, -0.1) is 11.8 Å². The van der Waals surface area contributed by atoms with Gasteiger partial charge < -0.3 is 15.5 Å². The van der Waals surface area contributed by atoms with Crippen LogP contribution in [-0.4, -0.2) is 21.9 Å². The molecule has 0 aromatic heterocycles. The number of phenolic OH excluding ortho intramolecular Hbond substituents is 2. The van der Waals surface area contributed by atoms with Gasteiger partial charge in [-0.05, 0) is 30.3 Å². The number of amides is 1. The van der Waals surface area contributed by atoms with Gasteiger partial charge >= 0.3 is 0 Å². The molecule has 0 aliphatic heterocycles.